The van der Waals surface area contributed by atoms with Crippen molar-refractivity contribution in [2.75, 3.05) is 11.9 Å². The Kier molecular flexibility index (Phi) is 4.84. The molecule has 8 heteroatoms. The first-order chi connectivity index (χ1) is 12.6. The molecule has 2 aromatic heterocycles. The summed E-state index contributed by atoms with van der Waals surface area (Å²) in [5, 5.41) is 13.0. The summed E-state index contributed by atoms with van der Waals surface area (Å²) in [5.41, 5.74) is 0.921. The highest BCUT2D eigenvalue weighted by atomic mass is 32.1. The van der Waals surface area contributed by atoms with Gasteiger partial charge >= 0.3 is 0 Å². The zero-order valence-electron chi connectivity index (χ0n) is 15.2. The number of anilines is 2. The molecular formula is C18H24N6OS. The highest BCUT2D eigenvalue weighted by molar-refractivity contribution is 7.15. The van der Waals surface area contributed by atoms with E-state index in [1.807, 2.05) is 19.9 Å². The first-order valence-corrected chi connectivity index (χ1v) is 10.1. The number of hydrogen-bond donors (Lipinski definition) is 1. The van der Waals surface area contributed by atoms with E-state index in [-0.39, 0.29) is 12.0 Å². The van der Waals surface area contributed by atoms with Gasteiger partial charge in [-0.3, -0.25) is 4.79 Å². The lowest BCUT2D eigenvalue weighted by molar-refractivity contribution is -0.136. The van der Waals surface area contributed by atoms with Crippen LogP contribution in [0.3, 0.4) is 0 Å². The van der Waals surface area contributed by atoms with Gasteiger partial charge in [0.2, 0.25) is 11.0 Å². The summed E-state index contributed by atoms with van der Waals surface area (Å²) >= 11 is 1.49. The van der Waals surface area contributed by atoms with Crippen molar-refractivity contribution in [3.05, 3.63) is 22.6 Å². The zero-order chi connectivity index (χ0) is 18.1. The van der Waals surface area contributed by atoms with Gasteiger partial charge in [0.1, 0.15) is 16.6 Å². The van der Waals surface area contributed by atoms with Gasteiger partial charge in [-0.1, -0.05) is 24.2 Å². The van der Waals surface area contributed by atoms with E-state index in [0.29, 0.717) is 17.5 Å². The van der Waals surface area contributed by atoms with Crippen LogP contribution < -0.4 is 5.32 Å². The lowest BCUT2D eigenvalue weighted by Gasteiger charge is -2.27. The highest BCUT2D eigenvalue weighted by Gasteiger charge is 2.35. The van der Waals surface area contributed by atoms with Crippen molar-refractivity contribution < 1.29 is 4.79 Å². The van der Waals surface area contributed by atoms with Gasteiger partial charge in [0.05, 0.1) is 11.7 Å². The summed E-state index contributed by atoms with van der Waals surface area (Å²) in [7, 11) is 0. The number of amides is 1. The summed E-state index contributed by atoms with van der Waals surface area (Å²) in [6, 6.07) is 2.01. The Morgan fingerprint density at radius 1 is 1.15 bits per heavy atom. The molecule has 1 saturated heterocycles. The molecule has 0 spiro atoms. The highest BCUT2D eigenvalue weighted by Crippen LogP contribution is 2.36. The maximum Gasteiger partial charge on any atom is 0.226 e. The fraction of sp³-hybridized carbons (Fsp3) is 0.611. The first kappa shape index (κ1) is 17.3. The molecule has 1 atom stereocenters. The number of carbonyl (C=O) groups is 1. The Morgan fingerprint density at radius 2 is 1.96 bits per heavy atom. The van der Waals surface area contributed by atoms with E-state index in [2.05, 4.69) is 30.4 Å². The van der Waals surface area contributed by atoms with Crippen molar-refractivity contribution in [2.24, 2.45) is 5.92 Å². The van der Waals surface area contributed by atoms with Crippen LogP contribution in [0.25, 0.3) is 0 Å². The molecule has 1 aliphatic heterocycles. The third-order valence-corrected chi connectivity index (χ3v) is 5.95. The maximum atomic E-state index is 12.9. The van der Waals surface area contributed by atoms with Gasteiger partial charge < -0.3 is 10.2 Å². The standard InChI is InChI=1S/C18H24N6OS/c1-11-19-14(10-16(20-11)21-18-23-22-12(2)26-18)15-8-5-9-24(15)17(25)13-6-3-4-7-13/h10,13,15H,3-9H2,1-2H3,(H,19,20,21,23). The topological polar surface area (TPSA) is 83.9 Å². The third-order valence-electron chi connectivity index (χ3n) is 5.20. The van der Waals surface area contributed by atoms with Crippen LogP contribution in [0.1, 0.15) is 61.1 Å². The van der Waals surface area contributed by atoms with Gasteiger partial charge in [-0.15, -0.1) is 10.2 Å². The van der Waals surface area contributed by atoms with E-state index in [0.717, 1.165) is 48.1 Å². The van der Waals surface area contributed by atoms with E-state index < -0.39 is 0 Å². The SMILES string of the molecule is Cc1nc(Nc2nnc(C)s2)cc(C2CCCN2C(=O)C2CCCC2)n1. The molecule has 3 heterocycles. The molecule has 0 bridgehead atoms. The van der Waals surface area contributed by atoms with Crippen molar-refractivity contribution in [2.45, 2.75) is 58.4 Å². The minimum Gasteiger partial charge on any atom is -0.334 e. The quantitative estimate of drug-likeness (QED) is 0.884. The normalized spacial score (nSPS) is 20.7. The molecule has 138 valence electrons. The van der Waals surface area contributed by atoms with Gasteiger partial charge in [0, 0.05) is 18.5 Å². The van der Waals surface area contributed by atoms with E-state index in [1.165, 1.54) is 24.2 Å². The molecule has 1 aliphatic carbocycles. The van der Waals surface area contributed by atoms with Crippen molar-refractivity contribution in [1.82, 2.24) is 25.1 Å². The first-order valence-electron chi connectivity index (χ1n) is 9.33. The molecule has 2 aliphatic rings. The number of likely N-dealkylation sites (tertiary alicyclic amines) is 1. The molecule has 1 amide bonds. The summed E-state index contributed by atoms with van der Waals surface area (Å²) in [4.78, 5) is 24.1. The number of nitrogens with one attached hydrogen (secondary N) is 1. The molecule has 1 unspecified atom stereocenters. The Bertz CT molecular complexity index is 801. The van der Waals surface area contributed by atoms with E-state index in [1.54, 1.807) is 0 Å². The fourth-order valence-corrected chi connectivity index (χ4v) is 4.63. The second-order valence-corrected chi connectivity index (χ2v) is 8.33. The number of rotatable bonds is 4. The zero-order valence-corrected chi connectivity index (χ0v) is 16.1. The molecule has 26 heavy (non-hydrogen) atoms. The lowest BCUT2D eigenvalue weighted by atomic mass is 10.0. The van der Waals surface area contributed by atoms with Crippen LogP contribution in [-0.4, -0.2) is 37.5 Å². The number of carbonyl (C=O) groups excluding carboxylic acids is 1. The fourth-order valence-electron chi connectivity index (χ4n) is 4.03. The van der Waals surface area contributed by atoms with Crippen LogP contribution >= 0.6 is 11.3 Å². The van der Waals surface area contributed by atoms with Crippen LogP contribution in [0.5, 0.6) is 0 Å². The number of nitrogens with zero attached hydrogens (tertiary/aromatic N) is 5. The van der Waals surface area contributed by atoms with Crippen LogP contribution in [-0.2, 0) is 4.79 Å². The maximum absolute atomic E-state index is 12.9. The molecule has 0 radical (unpaired) electrons. The molecule has 2 aromatic rings. The average molecular weight is 372 g/mol. The Hall–Kier alpha value is -2.09. The van der Waals surface area contributed by atoms with Crippen molar-refractivity contribution in [1.29, 1.82) is 0 Å². The lowest BCUT2D eigenvalue weighted by Crippen LogP contribution is -2.35. The van der Waals surface area contributed by atoms with Gasteiger partial charge in [-0.05, 0) is 39.5 Å². The second-order valence-electron chi connectivity index (χ2n) is 7.15. The predicted octanol–water partition coefficient (Wildman–Crippen LogP) is 3.54. The van der Waals surface area contributed by atoms with Gasteiger partial charge in [-0.2, -0.15) is 0 Å². The molecule has 0 aromatic carbocycles. The minimum atomic E-state index is 0.0570. The summed E-state index contributed by atoms with van der Waals surface area (Å²) in [6.07, 6.45) is 6.42. The van der Waals surface area contributed by atoms with Crippen molar-refractivity contribution in [3.8, 4) is 0 Å². The average Bonchev–Trinajstić information content (AvgIpc) is 3.35. The molecule has 2 fully saturated rings. The van der Waals surface area contributed by atoms with Crippen LogP contribution in [0.2, 0.25) is 0 Å². The number of aromatic nitrogens is 4. The second kappa shape index (κ2) is 7.26. The van der Waals surface area contributed by atoms with Crippen molar-refractivity contribution >= 4 is 28.2 Å². The van der Waals surface area contributed by atoms with E-state index in [9.17, 15) is 4.79 Å². The van der Waals surface area contributed by atoms with Gasteiger partial charge in [0.25, 0.3) is 0 Å². The van der Waals surface area contributed by atoms with E-state index in [4.69, 9.17) is 0 Å². The summed E-state index contributed by atoms with van der Waals surface area (Å²) in [6.45, 7) is 4.64. The smallest absolute Gasteiger partial charge is 0.226 e. The largest absolute Gasteiger partial charge is 0.334 e. The molecule has 1 N–H and O–H groups in total. The van der Waals surface area contributed by atoms with Crippen LogP contribution in [0.4, 0.5) is 10.9 Å². The monoisotopic (exact) mass is 372 g/mol. The molecule has 4 rings (SSSR count). The van der Waals surface area contributed by atoms with Crippen molar-refractivity contribution in [3.63, 3.8) is 0 Å². The Balaban J connectivity index is 1.56. The summed E-state index contributed by atoms with van der Waals surface area (Å²) < 4.78 is 0. The third kappa shape index (κ3) is 3.56. The van der Waals surface area contributed by atoms with Gasteiger partial charge in [0.15, 0.2) is 0 Å². The Morgan fingerprint density at radius 3 is 2.69 bits per heavy atom. The molecular weight excluding hydrogens is 348 g/mol. The number of hydrogen-bond acceptors (Lipinski definition) is 7. The molecule has 7 nitrogen and oxygen atoms in total. The van der Waals surface area contributed by atoms with E-state index >= 15 is 0 Å². The Labute approximate surface area is 157 Å². The van der Waals surface area contributed by atoms with Gasteiger partial charge in [-0.25, -0.2) is 9.97 Å². The minimum absolute atomic E-state index is 0.0570. The predicted molar refractivity (Wildman–Crippen MR) is 100 cm³/mol. The number of aryl methyl sites for hydroxylation is 2. The summed E-state index contributed by atoms with van der Waals surface area (Å²) in [5.74, 6) is 1.94. The van der Waals surface area contributed by atoms with Crippen LogP contribution in [0, 0.1) is 19.8 Å². The van der Waals surface area contributed by atoms with Crippen LogP contribution in [0.15, 0.2) is 6.07 Å². The molecule has 1 saturated carbocycles.